The van der Waals surface area contributed by atoms with E-state index in [-0.39, 0.29) is 17.3 Å². The number of rotatable bonds is 4. The van der Waals surface area contributed by atoms with Crippen LogP contribution in [0.2, 0.25) is 0 Å². The predicted octanol–water partition coefficient (Wildman–Crippen LogP) is 1.36. The maximum atomic E-state index is 12.4. The third-order valence-electron chi connectivity index (χ3n) is 2.96. The summed E-state index contributed by atoms with van der Waals surface area (Å²) in [5, 5.41) is 8.74. The molecule has 108 valence electrons. The number of nitrogen functional groups attached to an aromatic ring is 1. The van der Waals surface area contributed by atoms with Gasteiger partial charge in [0, 0.05) is 19.8 Å². The van der Waals surface area contributed by atoms with Crippen LogP contribution in [0.1, 0.15) is 11.1 Å². The summed E-state index contributed by atoms with van der Waals surface area (Å²) < 4.78 is 26.0. The molecule has 1 heterocycles. The van der Waals surface area contributed by atoms with Crippen molar-refractivity contribution in [1.82, 2.24) is 9.29 Å². The molecular formula is C14H14N4O2S. The monoisotopic (exact) mass is 302 g/mol. The van der Waals surface area contributed by atoms with Crippen LogP contribution in [0.3, 0.4) is 0 Å². The number of benzene rings is 1. The first kappa shape index (κ1) is 15.0. The average Bonchev–Trinajstić information content (AvgIpc) is 2.48. The second kappa shape index (κ2) is 5.91. The van der Waals surface area contributed by atoms with Crippen LogP contribution in [0, 0.1) is 11.3 Å². The Morgan fingerprint density at radius 3 is 2.43 bits per heavy atom. The van der Waals surface area contributed by atoms with Crippen molar-refractivity contribution < 1.29 is 8.42 Å². The molecular weight excluding hydrogens is 288 g/mol. The lowest BCUT2D eigenvalue weighted by Gasteiger charge is -2.17. The molecule has 0 unspecified atom stereocenters. The zero-order valence-electron chi connectivity index (χ0n) is 11.4. The van der Waals surface area contributed by atoms with Crippen LogP contribution in [0.25, 0.3) is 0 Å². The topological polar surface area (TPSA) is 100 Å². The normalized spacial score (nSPS) is 11.3. The first-order chi connectivity index (χ1) is 9.93. The zero-order valence-corrected chi connectivity index (χ0v) is 12.2. The highest BCUT2D eigenvalue weighted by atomic mass is 32.2. The first-order valence-electron chi connectivity index (χ1n) is 6.10. The van der Waals surface area contributed by atoms with Gasteiger partial charge in [0.2, 0.25) is 10.0 Å². The standard InChI is InChI=1S/C14H14N4O2S/c1-18(10-12-4-2-11(8-15)3-5-12)21(19,20)13-6-7-14(16)17-9-13/h2-7,9H,10H2,1H3,(H2,16,17). The molecule has 1 aromatic heterocycles. The molecule has 0 atom stereocenters. The van der Waals surface area contributed by atoms with Crippen LogP contribution >= 0.6 is 0 Å². The fourth-order valence-electron chi connectivity index (χ4n) is 1.75. The molecule has 0 aliphatic heterocycles. The minimum atomic E-state index is -3.62. The summed E-state index contributed by atoms with van der Waals surface area (Å²) in [7, 11) is -2.13. The molecule has 0 fully saturated rings. The number of anilines is 1. The minimum absolute atomic E-state index is 0.0906. The van der Waals surface area contributed by atoms with Gasteiger partial charge in [-0.25, -0.2) is 13.4 Å². The van der Waals surface area contributed by atoms with E-state index >= 15 is 0 Å². The van der Waals surface area contributed by atoms with Crippen LogP contribution in [0.15, 0.2) is 47.5 Å². The first-order valence-corrected chi connectivity index (χ1v) is 7.54. The molecule has 0 spiro atoms. The van der Waals surface area contributed by atoms with Crippen molar-refractivity contribution in [2.45, 2.75) is 11.4 Å². The number of pyridine rings is 1. The van der Waals surface area contributed by atoms with Crippen LogP contribution in [0.5, 0.6) is 0 Å². The van der Waals surface area contributed by atoms with E-state index in [4.69, 9.17) is 11.0 Å². The molecule has 2 N–H and O–H groups in total. The number of aromatic nitrogens is 1. The van der Waals surface area contributed by atoms with E-state index in [0.717, 1.165) is 5.56 Å². The third kappa shape index (κ3) is 3.37. The van der Waals surface area contributed by atoms with Gasteiger partial charge in [-0.15, -0.1) is 0 Å². The summed E-state index contributed by atoms with van der Waals surface area (Å²) in [5.74, 6) is 0.267. The highest BCUT2D eigenvalue weighted by molar-refractivity contribution is 7.89. The van der Waals surface area contributed by atoms with E-state index in [1.54, 1.807) is 24.3 Å². The van der Waals surface area contributed by atoms with E-state index in [1.807, 2.05) is 6.07 Å². The van der Waals surface area contributed by atoms with Crippen molar-refractivity contribution in [3.63, 3.8) is 0 Å². The third-order valence-corrected chi connectivity index (χ3v) is 4.74. The van der Waals surface area contributed by atoms with Crippen LogP contribution < -0.4 is 5.73 Å². The average molecular weight is 302 g/mol. The summed E-state index contributed by atoms with van der Waals surface area (Å²) in [4.78, 5) is 3.88. The quantitative estimate of drug-likeness (QED) is 0.919. The van der Waals surface area contributed by atoms with Gasteiger partial charge in [-0.05, 0) is 29.8 Å². The Labute approximate surface area is 123 Å². The number of nitrogens with zero attached hydrogens (tertiary/aromatic N) is 3. The lowest BCUT2D eigenvalue weighted by molar-refractivity contribution is 0.466. The lowest BCUT2D eigenvalue weighted by atomic mass is 10.1. The smallest absolute Gasteiger partial charge is 0.244 e. The van der Waals surface area contributed by atoms with Crippen molar-refractivity contribution in [2.24, 2.45) is 0 Å². The van der Waals surface area contributed by atoms with Crippen LogP contribution in [-0.4, -0.2) is 24.8 Å². The van der Waals surface area contributed by atoms with E-state index in [0.29, 0.717) is 5.56 Å². The van der Waals surface area contributed by atoms with Crippen molar-refractivity contribution in [2.75, 3.05) is 12.8 Å². The van der Waals surface area contributed by atoms with Crippen molar-refractivity contribution in [1.29, 1.82) is 5.26 Å². The predicted molar refractivity (Wildman–Crippen MR) is 78.5 cm³/mol. The molecule has 21 heavy (non-hydrogen) atoms. The molecule has 6 nitrogen and oxygen atoms in total. The van der Waals surface area contributed by atoms with Gasteiger partial charge in [0.15, 0.2) is 0 Å². The number of nitrogens with two attached hydrogens (primary N) is 1. The van der Waals surface area contributed by atoms with Crippen LogP contribution in [-0.2, 0) is 16.6 Å². The minimum Gasteiger partial charge on any atom is -0.384 e. The fourth-order valence-corrected chi connectivity index (χ4v) is 2.86. The Kier molecular flexibility index (Phi) is 4.21. The SMILES string of the molecule is CN(Cc1ccc(C#N)cc1)S(=O)(=O)c1ccc(N)nc1. The van der Waals surface area contributed by atoms with Gasteiger partial charge in [-0.2, -0.15) is 9.57 Å². The molecule has 2 aromatic rings. The van der Waals surface area contributed by atoms with Crippen molar-refractivity contribution >= 4 is 15.8 Å². The Morgan fingerprint density at radius 2 is 1.90 bits per heavy atom. The van der Waals surface area contributed by atoms with Gasteiger partial charge in [-0.3, -0.25) is 0 Å². The molecule has 2 rings (SSSR count). The van der Waals surface area contributed by atoms with Gasteiger partial charge >= 0.3 is 0 Å². The van der Waals surface area contributed by atoms with Gasteiger partial charge in [0.05, 0.1) is 11.6 Å². The summed E-state index contributed by atoms with van der Waals surface area (Å²) in [6, 6.07) is 11.6. The second-order valence-corrected chi connectivity index (χ2v) is 6.53. The van der Waals surface area contributed by atoms with Crippen molar-refractivity contribution in [3.8, 4) is 6.07 Å². The van der Waals surface area contributed by atoms with E-state index in [9.17, 15) is 8.42 Å². The molecule has 0 amide bonds. The van der Waals surface area contributed by atoms with Gasteiger partial charge < -0.3 is 5.73 Å². The molecule has 0 saturated heterocycles. The second-order valence-electron chi connectivity index (χ2n) is 4.49. The number of hydrogen-bond acceptors (Lipinski definition) is 5. The van der Waals surface area contributed by atoms with E-state index in [1.165, 1.54) is 29.7 Å². The molecule has 0 aliphatic carbocycles. The zero-order chi connectivity index (χ0) is 15.5. The Morgan fingerprint density at radius 1 is 1.24 bits per heavy atom. The molecule has 0 saturated carbocycles. The Hall–Kier alpha value is -2.43. The lowest BCUT2D eigenvalue weighted by Crippen LogP contribution is -2.26. The summed E-state index contributed by atoms with van der Waals surface area (Å²) >= 11 is 0. The Balaban J connectivity index is 2.20. The maximum absolute atomic E-state index is 12.4. The molecule has 0 radical (unpaired) electrons. The fraction of sp³-hybridized carbons (Fsp3) is 0.143. The molecule has 0 aliphatic rings. The number of hydrogen-bond donors (Lipinski definition) is 1. The van der Waals surface area contributed by atoms with Crippen molar-refractivity contribution in [3.05, 3.63) is 53.7 Å². The Bertz CT molecular complexity index is 762. The van der Waals surface area contributed by atoms with Gasteiger partial charge in [0.25, 0.3) is 0 Å². The van der Waals surface area contributed by atoms with Gasteiger partial charge in [0.1, 0.15) is 10.7 Å². The molecule has 7 heteroatoms. The largest absolute Gasteiger partial charge is 0.384 e. The summed E-state index contributed by atoms with van der Waals surface area (Å²) in [5.41, 5.74) is 6.78. The molecule has 0 bridgehead atoms. The number of nitriles is 1. The number of sulfonamides is 1. The van der Waals surface area contributed by atoms with E-state index < -0.39 is 10.0 Å². The highest BCUT2D eigenvalue weighted by Gasteiger charge is 2.21. The van der Waals surface area contributed by atoms with E-state index in [2.05, 4.69) is 4.98 Å². The molecule has 1 aromatic carbocycles. The summed E-state index contributed by atoms with van der Waals surface area (Å²) in [6.45, 7) is 0.207. The maximum Gasteiger partial charge on any atom is 0.244 e. The summed E-state index contributed by atoms with van der Waals surface area (Å²) in [6.07, 6.45) is 1.24. The van der Waals surface area contributed by atoms with Gasteiger partial charge in [-0.1, -0.05) is 12.1 Å². The highest BCUT2D eigenvalue weighted by Crippen LogP contribution is 2.16. The van der Waals surface area contributed by atoms with Crippen LogP contribution in [0.4, 0.5) is 5.82 Å².